The molecular formula is C26H24FN7O. The Kier molecular flexibility index (Phi) is 4.98. The second-order valence-electron chi connectivity index (χ2n) is 8.92. The average molecular weight is 470 g/mol. The van der Waals surface area contributed by atoms with E-state index in [0.717, 1.165) is 63.9 Å². The van der Waals surface area contributed by atoms with Gasteiger partial charge in [-0.1, -0.05) is 12.1 Å². The van der Waals surface area contributed by atoms with Gasteiger partial charge in [0, 0.05) is 55.8 Å². The van der Waals surface area contributed by atoms with Gasteiger partial charge in [0.2, 0.25) is 6.41 Å². The van der Waals surface area contributed by atoms with Gasteiger partial charge >= 0.3 is 0 Å². The quantitative estimate of drug-likeness (QED) is 0.376. The van der Waals surface area contributed by atoms with Gasteiger partial charge in [0.15, 0.2) is 0 Å². The van der Waals surface area contributed by atoms with Gasteiger partial charge in [0.05, 0.1) is 22.9 Å². The molecule has 0 spiro atoms. The molecule has 2 aromatic carbocycles. The molecule has 9 heteroatoms. The van der Waals surface area contributed by atoms with Crippen molar-refractivity contribution in [2.45, 2.75) is 6.92 Å². The summed E-state index contributed by atoms with van der Waals surface area (Å²) in [5.74, 6) is 0.566. The summed E-state index contributed by atoms with van der Waals surface area (Å²) in [5, 5.41) is 11.2. The number of carbonyl (C=O) groups is 1. The normalized spacial score (nSPS) is 14.3. The molecule has 0 bridgehead atoms. The molecule has 5 aromatic rings. The lowest BCUT2D eigenvalue weighted by Gasteiger charge is -2.33. The van der Waals surface area contributed by atoms with Gasteiger partial charge in [-0.15, -0.1) is 0 Å². The highest BCUT2D eigenvalue weighted by Gasteiger charge is 2.20. The molecule has 35 heavy (non-hydrogen) atoms. The van der Waals surface area contributed by atoms with Crippen LogP contribution in [0.2, 0.25) is 0 Å². The SMILES string of the molecule is Cc1cc(F)cc2c(-c3cccc4nn(C)cc34)nn(-c3ccc(N4CCN(C=O)CC4)nc3)c12. The number of amides is 1. The predicted molar refractivity (Wildman–Crippen MR) is 133 cm³/mol. The van der Waals surface area contributed by atoms with Crippen molar-refractivity contribution in [2.75, 3.05) is 31.1 Å². The molecule has 0 atom stereocenters. The molecule has 1 aliphatic rings. The van der Waals surface area contributed by atoms with Gasteiger partial charge in [-0.2, -0.15) is 10.2 Å². The Morgan fingerprint density at radius 1 is 1.00 bits per heavy atom. The predicted octanol–water partition coefficient (Wildman–Crippen LogP) is 3.70. The Balaban J connectivity index is 1.46. The molecule has 1 fully saturated rings. The first-order chi connectivity index (χ1) is 17.0. The molecule has 4 heterocycles. The van der Waals surface area contributed by atoms with Gasteiger partial charge in [-0.05, 0) is 42.8 Å². The summed E-state index contributed by atoms with van der Waals surface area (Å²) in [6.07, 6.45) is 4.65. The van der Waals surface area contributed by atoms with E-state index in [1.54, 1.807) is 21.8 Å². The Bertz CT molecular complexity index is 1560. The van der Waals surface area contributed by atoms with E-state index in [2.05, 4.69) is 15.0 Å². The number of aromatic nitrogens is 5. The summed E-state index contributed by atoms with van der Waals surface area (Å²) in [4.78, 5) is 19.6. The Morgan fingerprint density at radius 2 is 1.83 bits per heavy atom. The maximum Gasteiger partial charge on any atom is 0.209 e. The lowest BCUT2D eigenvalue weighted by molar-refractivity contribution is -0.118. The standard InChI is InChI=1S/C26H24FN7O/c1-17-12-18(27)13-21-25(20-4-3-5-23-22(20)15-31(2)29-23)30-34(26(17)21)19-6-7-24(28-14-19)33-10-8-32(16-35)9-11-33/h3-7,12-16H,8-11H2,1-2H3. The van der Waals surface area contributed by atoms with E-state index >= 15 is 0 Å². The van der Waals surface area contributed by atoms with Gasteiger partial charge in [0.1, 0.15) is 17.3 Å². The van der Waals surface area contributed by atoms with Crippen LogP contribution in [-0.4, -0.2) is 62.0 Å². The molecule has 1 aliphatic heterocycles. The average Bonchev–Trinajstić information content (AvgIpc) is 3.44. The number of halogens is 1. The molecule has 6 rings (SSSR count). The molecule has 0 radical (unpaired) electrons. The van der Waals surface area contributed by atoms with E-state index in [-0.39, 0.29) is 5.82 Å². The van der Waals surface area contributed by atoms with Crippen molar-refractivity contribution in [3.05, 3.63) is 66.2 Å². The minimum Gasteiger partial charge on any atom is -0.353 e. The molecule has 1 saturated heterocycles. The van der Waals surface area contributed by atoms with Crippen molar-refractivity contribution in [1.82, 2.24) is 29.4 Å². The van der Waals surface area contributed by atoms with Crippen LogP contribution in [-0.2, 0) is 11.8 Å². The maximum atomic E-state index is 14.5. The molecule has 0 unspecified atom stereocenters. The van der Waals surface area contributed by atoms with E-state index in [4.69, 9.17) is 5.10 Å². The summed E-state index contributed by atoms with van der Waals surface area (Å²) in [5.41, 5.74) is 4.91. The number of carbonyl (C=O) groups excluding carboxylic acids is 1. The van der Waals surface area contributed by atoms with Crippen LogP contribution in [0.3, 0.4) is 0 Å². The second-order valence-corrected chi connectivity index (χ2v) is 8.92. The van der Waals surface area contributed by atoms with Crippen molar-refractivity contribution in [2.24, 2.45) is 7.05 Å². The van der Waals surface area contributed by atoms with E-state index in [1.807, 2.05) is 55.2 Å². The fourth-order valence-electron chi connectivity index (χ4n) is 4.90. The summed E-state index contributed by atoms with van der Waals surface area (Å²) in [6.45, 7) is 4.75. The molecule has 0 saturated carbocycles. The fourth-order valence-corrected chi connectivity index (χ4v) is 4.90. The Labute approximate surface area is 201 Å². The highest BCUT2D eigenvalue weighted by Crippen LogP contribution is 2.36. The first-order valence-electron chi connectivity index (χ1n) is 11.5. The van der Waals surface area contributed by atoms with E-state index in [1.165, 1.54) is 6.07 Å². The van der Waals surface area contributed by atoms with Crippen molar-refractivity contribution >= 4 is 34.0 Å². The summed E-state index contributed by atoms with van der Waals surface area (Å²) < 4.78 is 18.2. The van der Waals surface area contributed by atoms with Gasteiger partial charge < -0.3 is 9.80 Å². The number of rotatable bonds is 4. The van der Waals surface area contributed by atoms with Crippen LogP contribution >= 0.6 is 0 Å². The third-order valence-corrected chi connectivity index (χ3v) is 6.62. The van der Waals surface area contributed by atoms with E-state index in [9.17, 15) is 9.18 Å². The molecule has 0 N–H and O–H groups in total. The molecule has 0 aliphatic carbocycles. The number of fused-ring (bicyclic) bond motifs is 2. The monoisotopic (exact) mass is 469 g/mol. The fraction of sp³-hybridized carbons (Fsp3) is 0.231. The summed E-state index contributed by atoms with van der Waals surface area (Å²) in [6, 6.07) is 12.9. The van der Waals surface area contributed by atoms with Crippen LogP contribution < -0.4 is 4.90 Å². The Hall–Kier alpha value is -4.27. The van der Waals surface area contributed by atoms with E-state index < -0.39 is 0 Å². The van der Waals surface area contributed by atoms with Gasteiger partial charge in [-0.3, -0.25) is 9.48 Å². The Morgan fingerprint density at radius 3 is 2.57 bits per heavy atom. The van der Waals surface area contributed by atoms with Gasteiger partial charge in [-0.25, -0.2) is 14.1 Å². The number of aryl methyl sites for hydroxylation is 2. The number of piperazine rings is 1. The summed E-state index contributed by atoms with van der Waals surface area (Å²) >= 11 is 0. The number of hydrogen-bond donors (Lipinski definition) is 0. The highest BCUT2D eigenvalue weighted by molar-refractivity contribution is 6.03. The third-order valence-electron chi connectivity index (χ3n) is 6.62. The van der Waals surface area contributed by atoms with Crippen LogP contribution in [0, 0.1) is 12.7 Å². The minimum absolute atomic E-state index is 0.294. The van der Waals surface area contributed by atoms with Crippen LogP contribution in [0.25, 0.3) is 38.8 Å². The van der Waals surface area contributed by atoms with Crippen molar-refractivity contribution in [3.63, 3.8) is 0 Å². The van der Waals surface area contributed by atoms with Crippen molar-refractivity contribution in [3.8, 4) is 16.9 Å². The lowest BCUT2D eigenvalue weighted by atomic mass is 10.0. The summed E-state index contributed by atoms with van der Waals surface area (Å²) in [7, 11) is 1.89. The molecule has 8 nitrogen and oxygen atoms in total. The van der Waals surface area contributed by atoms with E-state index in [0.29, 0.717) is 18.8 Å². The number of nitrogens with zero attached hydrogens (tertiary/aromatic N) is 7. The largest absolute Gasteiger partial charge is 0.353 e. The van der Waals surface area contributed by atoms with Gasteiger partial charge in [0.25, 0.3) is 0 Å². The van der Waals surface area contributed by atoms with Crippen LogP contribution in [0.1, 0.15) is 5.56 Å². The highest BCUT2D eigenvalue weighted by atomic mass is 19.1. The zero-order chi connectivity index (χ0) is 24.1. The number of hydrogen-bond acceptors (Lipinski definition) is 5. The first-order valence-corrected chi connectivity index (χ1v) is 11.5. The zero-order valence-corrected chi connectivity index (χ0v) is 19.5. The number of pyridine rings is 1. The smallest absolute Gasteiger partial charge is 0.209 e. The topological polar surface area (TPSA) is 72.1 Å². The maximum absolute atomic E-state index is 14.5. The third kappa shape index (κ3) is 3.60. The second kappa shape index (κ2) is 8.19. The number of anilines is 1. The van der Waals surface area contributed by atoms with Crippen LogP contribution in [0.5, 0.6) is 0 Å². The molecular weight excluding hydrogens is 445 g/mol. The van der Waals surface area contributed by atoms with Crippen LogP contribution in [0.15, 0.2) is 54.9 Å². The number of benzene rings is 2. The minimum atomic E-state index is -0.294. The van der Waals surface area contributed by atoms with Crippen molar-refractivity contribution in [1.29, 1.82) is 0 Å². The molecule has 176 valence electrons. The lowest BCUT2D eigenvalue weighted by Crippen LogP contribution is -2.46. The zero-order valence-electron chi connectivity index (χ0n) is 19.5. The first kappa shape index (κ1) is 21.3. The molecule has 3 aromatic heterocycles. The van der Waals surface area contributed by atoms with Crippen LogP contribution in [0.4, 0.5) is 10.2 Å². The molecule has 1 amide bonds. The van der Waals surface area contributed by atoms with Crippen molar-refractivity contribution < 1.29 is 9.18 Å².